The maximum absolute atomic E-state index is 12.1. The van der Waals surface area contributed by atoms with Gasteiger partial charge in [-0.05, 0) is 12.1 Å². The molecule has 0 aliphatic heterocycles. The Labute approximate surface area is 130 Å². The van der Waals surface area contributed by atoms with Crippen LogP contribution in [0.3, 0.4) is 0 Å². The molecule has 0 amide bonds. The van der Waals surface area contributed by atoms with Crippen LogP contribution in [0.25, 0.3) is 22.3 Å². The van der Waals surface area contributed by atoms with Crippen LogP contribution in [0.15, 0.2) is 57.7 Å². The average Bonchev–Trinajstić information content (AvgIpc) is 2.50. The van der Waals surface area contributed by atoms with E-state index in [1.165, 1.54) is 12.1 Å². The summed E-state index contributed by atoms with van der Waals surface area (Å²) in [5, 5.41) is 10.1. The molecule has 23 heavy (non-hydrogen) atoms. The molecule has 2 N–H and O–H groups in total. The van der Waals surface area contributed by atoms with Crippen LogP contribution in [0, 0.1) is 0 Å². The Balaban J connectivity index is 2.25. The smallest absolute Gasteiger partial charge is 0.446 e. The molecule has 0 bridgehead atoms. The lowest BCUT2D eigenvalue weighted by Crippen LogP contribution is -2.07. The van der Waals surface area contributed by atoms with Gasteiger partial charge in [0.25, 0.3) is 0 Å². The summed E-state index contributed by atoms with van der Waals surface area (Å²) in [6.45, 7) is 0. The Kier molecular flexibility index (Phi) is 3.55. The van der Waals surface area contributed by atoms with E-state index in [1.807, 2.05) is 0 Å². The zero-order valence-electron chi connectivity index (χ0n) is 11.5. The number of hydrogen-bond acceptors (Lipinski definition) is 6. The van der Waals surface area contributed by atoms with Gasteiger partial charge >= 0.3 is 10.4 Å². The van der Waals surface area contributed by atoms with Gasteiger partial charge in [-0.15, -0.1) is 0 Å². The molecule has 8 heteroatoms. The fraction of sp³-hybridized carbons (Fsp3) is 0. The van der Waals surface area contributed by atoms with Gasteiger partial charge in [-0.25, -0.2) is 0 Å². The Morgan fingerprint density at radius 3 is 2.39 bits per heavy atom. The highest BCUT2D eigenvalue weighted by molar-refractivity contribution is 7.81. The molecule has 1 aromatic heterocycles. The standard InChI is InChI=1S/C15H10O7S/c16-11-8-13(9-4-2-1-3-5-9)21-15-10(11)6-7-12(14(15)17)22-23(18,19)20/h1-8,17H,(H,18,19,20). The van der Waals surface area contributed by atoms with Gasteiger partial charge in [0.1, 0.15) is 5.76 Å². The van der Waals surface area contributed by atoms with E-state index in [4.69, 9.17) is 8.97 Å². The molecule has 0 saturated carbocycles. The number of rotatable bonds is 3. The molecule has 0 saturated heterocycles. The monoisotopic (exact) mass is 334 g/mol. The Hall–Kier alpha value is -2.84. The molecule has 1 heterocycles. The fourth-order valence-electron chi connectivity index (χ4n) is 2.11. The number of fused-ring (bicyclic) bond motifs is 1. The van der Waals surface area contributed by atoms with Crippen LogP contribution in [0.4, 0.5) is 0 Å². The minimum absolute atomic E-state index is 0.0462. The zero-order chi connectivity index (χ0) is 16.6. The number of aromatic hydroxyl groups is 1. The van der Waals surface area contributed by atoms with Gasteiger partial charge in [0.15, 0.2) is 16.8 Å². The topological polar surface area (TPSA) is 114 Å². The van der Waals surface area contributed by atoms with Gasteiger partial charge in [-0.3, -0.25) is 9.35 Å². The lowest BCUT2D eigenvalue weighted by molar-refractivity contribution is 0.370. The molecular formula is C15H10O7S. The van der Waals surface area contributed by atoms with E-state index in [0.717, 1.165) is 6.07 Å². The molecule has 118 valence electrons. The maximum atomic E-state index is 12.1. The van der Waals surface area contributed by atoms with Crippen LogP contribution in [0.5, 0.6) is 11.5 Å². The van der Waals surface area contributed by atoms with Crippen molar-refractivity contribution in [2.24, 2.45) is 0 Å². The Morgan fingerprint density at radius 1 is 1.04 bits per heavy atom. The van der Waals surface area contributed by atoms with Gasteiger partial charge in [0.05, 0.1) is 5.39 Å². The highest BCUT2D eigenvalue weighted by atomic mass is 32.3. The molecule has 0 radical (unpaired) electrons. The Bertz CT molecular complexity index is 1040. The predicted molar refractivity (Wildman–Crippen MR) is 81.8 cm³/mol. The summed E-state index contributed by atoms with van der Waals surface area (Å²) < 4.78 is 40.0. The number of phenolic OH excluding ortho intramolecular Hbond substituents is 1. The first-order valence-corrected chi connectivity index (χ1v) is 7.74. The molecule has 3 rings (SSSR count). The van der Waals surface area contributed by atoms with Crippen LogP contribution < -0.4 is 9.61 Å². The van der Waals surface area contributed by atoms with Gasteiger partial charge < -0.3 is 13.7 Å². The fourth-order valence-corrected chi connectivity index (χ4v) is 2.47. The van der Waals surface area contributed by atoms with Crippen LogP contribution in [0.1, 0.15) is 0 Å². The van der Waals surface area contributed by atoms with E-state index in [-0.39, 0.29) is 16.7 Å². The molecule has 2 aromatic carbocycles. The maximum Gasteiger partial charge on any atom is 0.446 e. The van der Waals surface area contributed by atoms with Crippen molar-refractivity contribution in [2.75, 3.05) is 0 Å². The number of benzene rings is 2. The minimum atomic E-state index is -4.82. The number of phenols is 1. The van der Waals surface area contributed by atoms with Crippen molar-refractivity contribution >= 4 is 21.4 Å². The summed E-state index contributed by atoms with van der Waals surface area (Å²) in [6, 6.07) is 12.2. The second kappa shape index (κ2) is 5.41. The third-order valence-electron chi connectivity index (χ3n) is 3.09. The van der Waals surface area contributed by atoms with Crippen LogP contribution in [0.2, 0.25) is 0 Å². The largest absolute Gasteiger partial charge is 0.502 e. The third-order valence-corrected chi connectivity index (χ3v) is 3.48. The summed E-state index contributed by atoms with van der Waals surface area (Å²) in [7, 11) is -4.82. The van der Waals surface area contributed by atoms with E-state index in [2.05, 4.69) is 4.18 Å². The zero-order valence-corrected chi connectivity index (χ0v) is 12.3. The van der Waals surface area contributed by atoms with Crippen molar-refractivity contribution in [3.05, 3.63) is 58.8 Å². The van der Waals surface area contributed by atoms with Crippen molar-refractivity contribution in [2.45, 2.75) is 0 Å². The van der Waals surface area contributed by atoms with Crippen LogP contribution >= 0.6 is 0 Å². The quantitative estimate of drug-likeness (QED) is 0.707. The second-order valence-electron chi connectivity index (χ2n) is 4.64. The van der Waals surface area contributed by atoms with E-state index in [1.54, 1.807) is 30.3 Å². The average molecular weight is 334 g/mol. The van der Waals surface area contributed by atoms with Crippen molar-refractivity contribution in [1.82, 2.24) is 0 Å². The summed E-state index contributed by atoms with van der Waals surface area (Å²) in [6.07, 6.45) is 0. The van der Waals surface area contributed by atoms with Gasteiger partial charge in [-0.2, -0.15) is 8.42 Å². The van der Waals surface area contributed by atoms with Crippen molar-refractivity contribution in [1.29, 1.82) is 0 Å². The van der Waals surface area contributed by atoms with Crippen LogP contribution in [-0.4, -0.2) is 18.1 Å². The first kappa shape index (κ1) is 15.1. The molecule has 0 aliphatic rings. The normalized spacial score (nSPS) is 11.5. The van der Waals surface area contributed by atoms with Gasteiger partial charge in [0.2, 0.25) is 5.75 Å². The third kappa shape index (κ3) is 3.03. The second-order valence-corrected chi connectivity index (χ2v) is 5.66. The van der Waals surface area contributed by atoms with Crippen molar-refractivity contribution in [3.63, 3.8) is 0 Å². The predicted octanol–water partition coefficient (Wildman–Crippen LogP) is 2.35. The van der Waals surface area contributed by atoms with E-state index in [9.17, 15) is 18.3 Å². The summed E-state index contributed by atoms with van der Waals surface area (Å²) in [5.74, 6) is -1.05. The van der Waals surface area contributed by atoms with Gasteiger partial charge in [0, 0.05) is 11.6 Å². The molecule has 0 unspecified atom stereocenters. The summed E-state index contributed by atoms with van der Waals surface area (Å²) in [4.78, 5) is 12.1. The molecule has 0 atom stereocenters. The Morgan fingerprint density at radius 2 is 1.74 bits per heavy atom. The highest BCUT2D eigenvalue weighted by Gasteiger charge is 2.18. The van der Waals surface area contributed by atoms with Crippen molar-refractivity contribution in [3.8, 4) is 22.8 Å². The number of hydrogen-bond donors (Lipinski definition) is 2. The van der Waals surface area contributed by atoms with Crippen molar-refractivity contribution < 1.29 is 26.7 Å². The lowest BCUT2D eigenvalue weighted by Gasteiger charge is -2.08. The summed E-state index contributed by atoms with van der Waals surface area (Å²) in [5.41, 5.74) is -0.0525. The summed E-state index contributed by atoms with van der Waals surface area (Å²) >= 11 is 0. The molecule has 7 nitrogen and oxygen atoms in total. The minimum Gasteiger partial charge on any atom is -0.502 e. The van der Waals surface area contributed by atoms with E-state index in [0.29, 0.717) is 5.56 Å². The molecule has 0 fully saturated rings. The lowest BCUT2D eigenvalue weighted by atomic mass is 10.1. The first-order valence-electron chi connectivity index (χ1n) is 6.37. The van der Waals surface area contributed by atoms with Crippen LogP contribution in [-0.2, 0) is 10.4 Å². The SMILES string of the molecule is O=c1cc(-c2ccccc2)oc2c(O)c(OS(=O)(=O)O)ccc12. The van der Waals surface area contributed by atoms with E-state index < -0.39 is 27.3 Å². The molecule has 0 spiro atoms. The molecular weight excluding hydrogens is 324 g/mol. The van der Waals surface area contributed by atoms with Gasteiger partial charge in [-0.1, -0.05) is 30.3 Å². The molecule has 3 aromatic rings. The molecule has 0 aliphatic carbocycles. The van der Waals surface area contributed by atoms with E-state index >= 15 is 0 Å². The highest BCUT2D eigenvalue weighted by Crippen LogP contribution is 2.35. The first-order chi connectivity index (χ1) is 10.8.